The Labute approximate surface area is 119 Å². The number of primary amides is 2. The number of nitrogens with one attached hydrogen (secondary N) is 2. The van der Waals surface area contributed by atoms with Gasteiger partial charge in [0.2, 0.25) is 11.8 Å². The molecule has 108 valence electrons. The molecular weight excluding hydrogens is 274 g/mol. The number of benzene rings is 1. The molecule has 1 heterocycles. The minimum absolute atomic E-state index is 0.0746. The zero-order valence-corrected chi connectivity index (χ0v) is 11.1. The van der Waals surface area contributed by atoms with Gasteiger partial charge in [-0.2, -0.15) is 5.10 Å². The average Bonchev–Trinajstić information content (AvgIpc) is 2.84. The van der Waals surface area contributed by atoms with Crippen LogP contribution in [0.5, 0.6) is 0 Å². The predicted octanol–water partition coefficient (Wildman–Crippen LogP) is 0.168. The van der Waals surface area contributed by atoms with Crippen molar-refractivity contribution in [2.24, 2.45) is 11.5 Å². The Morgan fingerprint density at radius 2 is 1.67 bits per heavy atom. The van der Waals surface area contributed by atoms with E-state index in [0.29, 0.717) is 11.3 Å². The smallest absolute Gasteiger partial charge is 0.259 e. The third-order valence-corrected chi connectivity index (χ3v) is 2.83. The number of amides is 3. The molecule has 2 rings (SSSR count). The zero-order valence-electron chi connectivity index (χ0n) is 11.1. The van der Waals surface area contributed by atoms with Gasteiger partial charge in [0.15, 0.2) is 0 Å². The van der Waals surface area contributed by atoms with Gasteiger partial charge in [0.1, 0.15) is 0 Å². The molecule has 0 atom stereocenters. The van der Waals surface area contributed by atoms with Crippen molar-refractivity contribution in [3.63, 3.8) is 0 Å². The number of nitrogens with zero attached hydrogens (tertiary/aromatic N) is 1. The van der Waals surface area contributed by atoms with Crippen LogP contribution < -0.4 is 16.8 Å². The van der Waals surface area contributed by atoms with Crippen molar-refractivity contribution in [3.05, 3.63) is 46.8 Å². The van der Waals surface area contributed by atoms with E-state index in [1.165, 1.54) is 24.4 Å². The molecule has 0 aliphatic carbocycles. The summed E-state index contributed by atoms with van der Waals surface area (Å²) in [4.78, 5) is 34.5. The lowest BCUT2D eigenvalue weighted by Gasteiger charge is -2.08. The first-order valence-electron chi connectivity index (χ1n) is 5.94. The molecule has 1 aromatic heterocycles. The summed E-state index contributed by atoms with van der Waals surface area (Å²) in [5.41, 5.74) is 11.7. The highest BCUT2D eigenvalue weighted by molar-refractivity contribution is 6.07. The van der Waals surface area contributed by atoms with Gasteiger partial charge in [-0.25, -0.2) is 0 Å². The van der Waals surface area contributed by atoms with E-state index in [1.807, 2.05) is 0 Å². The zero-order chi connectivity index (χ0) is 15.6. The SMILES string of the molecule is Cc1[nH]ncc1C(=O)Nc1cc(C(N)=O)cc(C(N)=O)c1. The first-order chi connectivity index (χ1) is 9.88. The van der Waals surface area contributed by atoms with E-state index < -0.39 is 17.7 Å². The van der Waals surface area contributed by atoms with Crippen LogP contribution in [-0.4, -0.2) is 27.9 Å². The standard InChI is InChI=1S/C13H13N5O3/c1-6-10(5-16-18-6)13(21)17-9-3-7(11(14)19)2-8(4-9)12(15)20/h2-5H,1H3,(H2,14,19)(H2,15,20)(H,16,18)(H,17,21). The summed E-state index contributed by atoms with van der Waals surface area (Å²) in [7, 11) is 0. The van der Waals surface area contributed by atoms with Gasteiger partial charge in [-0.15, -0.1) is 0 Å². The van der Waals surface area contributed by atoms with Crippen molar-refractivity contribution < 1.29 is 14.4 Å². The van der Waals surface area contributed by atoms with Crippen LogP contribution in [0.2, 0.25) is 0 Å². The Morgan fingerprint density at radius 1 is 1.10 bits per heavy atom. The van der Waals surface area contributed by atoms with Gasteiger partial charge in [0, 0.05) is 22.5 Å². The van der Waals surface area contributed by atoms with E-state index in [1.54, 1.807) is 6.92 Å². The largest absolute Gasteiger partial charge is 0.366 e. The lowest BCUT2D eigenvalue weighted by atomic mass is 10.1. The number of aromatic amines is 1. The van der Waals surface area contributed by atoms with Crippen LogP contribution in [0.4, 0.5) is 5.69 Å². The highest BCUT2D eigenvalue weighted by atomic mass is 16.2. The van der Waals surface area contributed by atoms with Gasteiger partial charge in [-0.3, -0.25) is 19.5 Å². The number of anilines is 1. The van der Waals surface area contributed by atoms with Gasteiger partial charge in [-0.05, 0) is 25.1 Å². The van der Waals surface area contributed by atoms with E-state index in [2.05, 4.69) is 15.5 Å². The van der Waals surface area contributed by atoms with Crippen molar-refractivity contribution >= 4 is 23.4 Å². The van der Waals surface area contributed by atoms with E-state index in [9.17, 15) is 14.4 Å². The Bertz CT molecular complexity index is 703. The molecule has 0 saturated carbocycles. The van der Waals surface area contributed by atoms with Gasteiger partial charge in [0.25, 0.3) is 5.91 Å². The minimum Gasteiger partial charge on any atom is -0.366 e. The Kier molecular flexibility index (Phi) is 3.70. The molecule has 3 amide bonds. The first kappa shape index (κ1) is 14.3. The second-order valence-electron chi connectivity index (χ2n) is 4.39. The fourth-order valence-electron chi connectivity index (χ4n) is 1.76. The van der Waals surface area contributed by atoms with Crippen LogP contribution in [0.3, 0.4) is 0 Å². The Hall–Kier alpha value is -3.16. The molecule has 21 heavy (non-hydrogen) atoms. The second-order valence-corrected chi connectivity index (χ2v) is 4.39. The number of carbonyl (C=O) groups excluding carboxylic acids is 3. The van der Waals surface area contributed by atoms with Gasteiger partial charge in [0.05, 0.1) is 11.8 Å². The number of nitrogens with two attached hydrogens (primary N) is 2. The van der Waals surface area contributed by atoms with Gasteiger partial charge >= 0.3 is 0 Å². The molecule has 0 aliphatic rings. The summed E-state index contributed by atoms with van der Waals surface area (Å²) in [6.45, 7) is 1.69. The van der Waals surface area contributed by atoms with E-state index >= 15 is 0 Å². The Morgan fingerprint density at radius 3 is 2.10 bits per heavy atom. The molecule has 8 heteroatoms. The number of hydrogen-bond donors (Lipinski definition) is 4. The van der Waals surface area contributed by atoms with Crippen molar-refractivity contribution in [1.29, 1.82) is 0 Å². The molecule has 0 unspecified atom stereocenters. The first-order valence-corrected chi connectivity index (χ1v) is 5.94. The summed E-state index contributed by atoms with van der Waals surface area (Å²) in [6.07, 6.45) is 1.37. The second kappa shape index (κ2) is 5.45. The lowest BCUT2D eigenvalue weighted by Crippen LogP contribution is -2.18. The van der Waals surface area contributed by atoms with Crippen LogP contribution in [0.15, 0.2) is 24.4 Å². The van der Waals surface area contributed by atoms with Crippen LogP contribution in [-0.2, 0) is 0 Å². The molecule has 1 aromatic carbocycles. The molecular formula is C13H13N5O3. The van der Waals surface area contributed by atoms with E-state index in [4.69, 9.17) is 11.5 Å². The van der Waals surface area contributed by atoms with Crippen molar-refractivity contribution in [2.45, 2.75) is 6.92 Å². The highest BCUT2D eigenvalue weighted by Crippen LogP contribution is 2.16. The van der Waals surface area contributed by atoms with Crippen LogP contribution in [0.25, 0.3) is 0 Å². The molecule has 6 N–H and O–H groups in total. The fraction of sp³-hybridized carbons (Fsp3) is 0.0769. The molecule has 0 fully saturated rings. The third-order valence-electron chi connectivity index (χ3n) is 2.83. The molecule has 0 saturated heterocycles. The van der Waals surface area contributed by atoms with Crippen molar-refractivity contribution in [3.8, 4) is 0 Å². The maximum absolute atomic E-state index is 12.1. The maximum atomic E-state index is 12.1. The summed E-state index contributed by atoms with van der Waals surface area (Å²) in [5, 5.41) is 8.94. The maximum Gasteiger partial charge on any atom is 0.259 e. The number of hydrogen-bond acceptors (Lipinski definition) is 4. The molecule has 2 aromatic rings. The van der Waals surface area contributed by atoms with E-state index in [0.717, 1.165) is 0 Å². The van der Waals surface area contributed by atoms with Gasteiger partial charge < -0.3 is 16.8 Å². The number of aryl methyl sites for hydroxylation is 1. The predicted molar refractivity (Wildman–Crippen MR) is 74.8 cm³/mol. The normalized spacial score (nSPS) is 10.1. The van der Waals surface area contributed by atoms with E-state index in [-0.39, 0.29) is 16.8 Å². The van der Waals surface area contributed by atoms with Crippen molar-refractivity contribution in [1.82, 2.24) is 10.2 Å². The fourth-order valence-corrected chi connectivity index (χ4v) is 1.76. The number of carbonyl (C=O) groups is 3. The molecule has 0 bridgehead atoms. The number of H-pyrrole nitrogens is 1. The topological polar surface area (TPSA) is 144 Å². The monoisotopic (exact) mass is 287 g/mol. The van der Waals surface area contributed by atoms with Crippen molar-refractivity contribution in [2.75, 3.05) is 5.32 Å². The van der Waals surface area contributed by atoms with Gasteiger partial charge in [-0.1, -0.05) is 0 Å². The molecule has 0 radical (unpaired) electrons. The summed E-state index contributed by atoms with van der Waals surface area (Å²) in [5.74, 6) is -1.89. The lowest BCUT2D eigenvalue weighted by molar-refractivity contribution is 0.0994. The molecule has 0 spiro atoms. The quantitative estimate of drug-likeness (QED) is 0.635. The average molecular weight is 287 g/mol. The van der Waals surface area contributed by atoms with Crippen LogP contribution in [0, 0.1) is 6.92 Å². The van der Waals surface area contributed by atoms with Crippen LogP contribution in [0.1, 0.15) is 36.8 Å². The molecule has 8 nitrogen and oxygen atoms in total. The van der Waals surface area contributed by atoms with Crippen LogP contribution >= 0.6 is 0 Å². The third kappa shape index (κ3) is 3.06. The summed E-state index contributed by atoms with van der Waals surface area (Å²) >= 11 is 0. The summed E-state index contributed by atoms with van der Waals surface area (Å²) in [6, 6.07) is 3.99. The number of rotatable bonds is 4. The Balaban J connectivity index is 2.35. The molecule has 0 aliphatic heterocycles. The summed E-state index contributed by atoms with van der Waals surface area (Å²) < 4.78 is 0. The highest BCUT2D eigenvalue weighted by Gasteiger charge is 2.14. The minimum atomic E-state index is -0.729. The number of aromatic nitrogens is 2.